The van der Waals surface area contributed by atoms with Gasteiger partial charge in [0.25, 0.3) is 0 Å². The maximum Gasteiger partial charge on any atom is 0.133 e. The molecule has 114 valence electrons. The molecule has 2 heterocycles. The van der Waals surface area contributed by atoms with E-state index in [0.717, 1.165) is 22.0 Å². The smallest absolute Gasteiger partial charge is 0.133 e. The molecule has 0 fully saturated rings. The van der Waals surface area contributed by atoms with Gasteiger partial charge in [-0.25, -0.2) is 4.98 Å². The van der Waals surface area contributed by atoms with Crippen LogP contribution in [-0.4, -0.2) is 15.4 Å². The Bertz CT molecular complexity index is 765. The van der Waals surface area contributed by atoms with Gasteiger partial charge in [-0.2, -0.15) is 0 Å². The van der Waals surface area contributed by atoms with Crippen molar-refractivity contribution in [1.29, 1.82) is 0 Å². The molecule has 0 radical (unpaired) electrons. The molecule has 0 spiro atoms. The summed E-state index contributed by atoms with van der Waals surface area (Å²) in [5.74, 6) is 0.592. The summed E-state index contributed by atoms with van der Waals surface area (Å²) >= 11 is 3.38. The summed E-state index contributed by atoms with van der Waals surface area (Å²) in [4.78, 5) is 5.87. The molecule has 2 aromatic heterocycles. The van der Waals surface area contributed by atoms with E-state index in [0.29, 0.717) is 12.3 Å². The van der Waals surface area contributed by atoms with Crippen molar-refractivity contribution in [3.63, 3.8) is 0 Å². The minimum atomic E-state index is -0.816. The summed E-state index contributed by atoms with van der Waals surface area (Å²) in [5, 5.41) is 8.61. The maximum atomic E-state index is 11.3. The lowest BCUT2D eigenvalue weighted by Crippen LogP contribution is -2.01. The van der Waals surface area contributed by atoms with Crippen LogP contribution >= 0.6 is 22.7 Å². The van der Waals surface area contributed by atoms with Gasteiger partial charge in [-0.05, 0) is 29.1 Å². The molecule has 1 N–H and O–H groups in total. The first kappa shape index (κ1) is 15.4. The summed E-state index contributed by atoms with van der Waals surface area (Å²) in [6.45, 7) is 0.695. The van der Waals surface area contributed by atoms with E-state index in [1.807, 2.05) is 30.3 Å². The van der Waals surface area contributed by atoms with E-state index in [1.165, 1.54) is 4.88 Å². The van der Waals surface area contributed by atoms with Crippen LogP contribution in [0.2, 0.25) is 0 Å². The van der Waals surface area contributed by atoms with Crippen LogP contribution in [0.4, 0.5) is 5.69 Å². The lowest BCUT2D eigenvalue weighted by molar-refractivity contribution is 0.686. The van der Waals surface area contributed by atoms with E-state index in [1.54, 1.807) is 28.9 Å². The van der Waals surface area contributed by atoms with Crippen molar-refractivity contribution in [3.05, 3.63) is 58.4 Å². The highest BCUT2D eigenvalue weighted by Gasteiger charge is 2.05. The Morgan fingerprint density at radius 1 is 1.23 bits per heavy atom. The molecule has 22 heavy (non-hydrogen) atoms. The second-order valence-electron chi connectivity index (χ2n) is 4.89. The molecule has 0 unspecified atom stereocenters. The molecule has 0 aliphatic carbocycles. The van der Waals surface area contributed by atoms with E-state index in [9.17, 15) is 4.21 Å². The van der Waals surface area contributed by atoms with Crippen LogP contribution in [-0.2, 0) is 23.1 Å². The number of thiazole rings is 1. The summed E-state index contributed by atoms with van der Waals surface area (Å²) < 4.78 is 11.3. The summed E-state index contributed by atoms with van der Waals surface area (Å²) in [7, 11) is -0.816. The van der Waals surface area contributed by atoms with Crippen LogP contribution in [0.25, 0.3) is 9.88 Å². The molecule has 0 amide bonds. The first-order chi connectivity index (χ1) is 10.7. The standard InChI is InChI=1S/C16H16N2OS3/c1-22(19)11-12-4-2-5-13(8-12)17-9-14-10-21-16(18-14)15-6-3-7-20-15/h2-8,10,17H,9,11H2,1H3/t22-/m1/s1. The molecule has 3 aromatic rings. The number of anilines is 1. The highest BCUT2D eigenvalue weighted by atomic mass is 32.2. The van der Waals surface area contributed by atoms with Crippen molar-refractivity contribution in [2.24, 2.45) is 0 Å². The monoisotopic (exact) mass is 348 g/mol. The van der Waals surface area contributed by atoms with Crippen molar-refractivity contribution in [3.8, 4) is 9.88 Å². The Balaban J connectivity index is 1.64. The van der Waals surface area contributed by atoms with Gasteiger partial charge >= 0.3 is 0 Å². The fourth-order valence-corrected chi connectivity index (χ4v) is 4.38. The minimum absolute atomic E-state index is 0.592. The third-order valence-electron chi connectivity index (χ3n) is 3.05. The SMILES string of the molecule is C[S@@](=O)Cc1cccc(NCc2csc(-c3cccs3)n2)c1. The molecule has 3 rings (SSSR count). The molecular formula is C16H16N2OS3. The number of nitrogens with one attached hydrogen (secondary N) is 1. The first-order valence-electron chi connectivity index (χ1n) is 6.82. The Kier molecular flexibility index (Phi) is 5.02. The fourth-order valence-electron chi connectivity index (χ4n) is 2.10. The van der Waals surface area contributed by atoms with Crippen LogP contribution in [0.3, 0.4) is 0 Å². The Morgan fingerprint density at radius 3 is 2.91 bits per heavy atom. The van der Waals surface area contributed by atoms with Gasteiger partial charge in [0.2, 0.25) is 0 Å². The maximum absolute atomic E-state index is 11.3. The lowest BCUT2D eigenvalue weighted by Gasteiger charge is -2.06. The predicted molar refractivity (Wildman–Crippen MR) is 97.0 cm³/mol. The summed E-state index contributed by atoms with van der Waals surface area (Å²) in [6, 6.07) is 12.2. The predicted octanol–water partition coefficient (Wildman–Crippen LogP) is 4.36. The number of rotatable bonds is 6. The Hall–Kier alpha value is -1.50. The third kappa shape index (κ3) is 4.03. The van der Waals surface area contributed by atoms with Gasteiger partial charge < -0.3 is 5.32 Å². The van der Waals surface area contributed by atoms with Crippen LogP contribution in [0.15, 0.2) is 47.2 Å². The zero-order valence-corrected chi connectivity index (χ0v) is 14.6. The zero-order chi connectivity index (χ0) is 15.4. The summed E-state index contributed by atoms with van der Waals surface area (Å²) in [6.07, 6.45) is 1.72. The van der Waals surface area contributed by atoms with Gasteiger partial charge in [0, 0.05) is 33.9 Å². The molecule has 6 heteroatoms. The zero-order valence-electron chi connectivity index (χ0n) is 12.1. The largest absolute Gasteiger partial charge is 0.379 e. The first-order valence-corrected chi connectivity index (χ1v) is 10.3. The molecule has 0 bridgehead atoms. The Morgan fingerprint density at radius 2 is 2.14 bits per heavy atom. The van der Waals surface area contributed by atoms with E-state index < -0.39 is 10.8 Å². The highest BCUT2D eigenvalue weighted by molar-refractivity contribution is 7.83. The molecule has 0 saturated carbocycles. The van der Waals surface area contributed by atoms with Gasteiger partial charge in [-0.15, -0.1) is 22.7 Å². The Labute approximate surface area is 140 Å². The molecule has 0 aliphatic heterocycles. The molecule has 0 saturated heterocycles. The number of hydrogen-bond donors (Lipinski definition) is 1. The van der Waals surface area contributed by atoms with E-state index in [-0.39, 0.29) is 0 Å². The van der Waals surface area contributed by atoms with Gasteiger partial charge in [0.15, 0.2) is 0 Å². The fraction of sp³-hybridized carbons (Fsp3) is 0.188. The van der Waals surface area contributed by atoms with Crippen molar-refractivity contribution in [1.82, 2.24) is 4.98 Å². The second kappa shape index (κ2) is 7.17. The lowest BCUT2D eigenvalue weighted by atomic mass is 10.2. The van der Waals surface area contributed by atoms with Crippen molar-refractivity contribution >= 4 is 39.2 Å². The van der Waals surface area contributed by atoms with Gasteiger partial charge in [-0.3, -0.25) is 4.21 Å². The number of benzene rings is 1. The van der Waals surface area contributed by atoms with Crippen molar-refractivity contribution < 1.29 is 4.21 Å². The van der Waals surface area contributed by atoms with Crippen LogP contribution in [0, 0.1) is 0 Å². The molecule has 0 aliphatic rings. The van der Waals surface area contributed by atoms with Crippen molar-refractivity contribution in [2.45, 2.75) is 12.3 Å². The van der Waals surface area contributed by atoms with Crippen LogP contribution in [0.1, 0.15) is 11.3 Å². The number of hydrogen-bond acceptors (Lipinski definition) is 5. The van der Waals surface area contributed by atoms with E-state index in [4.69, 9.17) is 0 Å². The second-order valence-corrected chi connectivity index (χ2v) is 8.13. The van der Waals surface area contributed by atoms with Gasteiger partial charge in [-0.1, -0.05) is 18.2 Å². The normalized spacial score (nSPS) is 12.2. The average molecular weight is 349 g/mol. The average Bonchev–Trinajstić information content (AvgIpc) is 3.16. The number of nitrogens with zero attached hydrogens (tertiary/aromatic N) is 1. The summed E-state index contributed by atoms with van der Waals surface area (Å²) in [5.41, 5.74) is 3.16. The molecule has 3 nitrogen and oxygen atoms in total. The van der Waals surface area contributed by atoms with Gasteiger partial charge in [0.05, 0.1) is 17.1 Å². The highest BCUT2D eigenvalue weighted by Crippen LogP contribution is 2.28. The minimum Gasteiger partial charge on any atom is -0.379 e. The molecule has 1 aromatic carbocycles. The van der Waals surface area contributed by atoms with Crippen molar-refractivity contribution in [2.75, 3.05) is 11.6 Å². The molecular weight excluding hydrogens is 332 g/mol. The van der Waals surface area contributed by atoms with E-state index in [2.05, 4.69) is 27.1 Å². The van der Waals surface area contributed by atoms with Gasteiger partial charge in [0.1, 0.15) is 5.01 Å². The number of thiophene rings is 1. The number of aromatic nitrogens is 1. The van der Waals surface area contributed by atoms with Crippen LogP contribution < -0.4 is 5.32 Å². The van der Waals surface area contributed by atoms with Crippen LogP contribution in [0.5, 0.6) is 0 Å². The molecule has 1 atom stereocenters. The van der Waals surface area contributed by atoms with E-state index >= 15 is 0 Å². The third-order valence-corrected chi connectivity index (χ3v) is 5.72. The topological polar surface area (TPSA) is 42.0 Å². The quantitative estimate of drug-likeness (QED) is 0.719.